The fourth-order valence-electron chi connectivity index (χ4n) is 3.89. The summed E-state index contributed by atoms with van der Waals surface area (Å²) in [5, 5.41) is 5.12. The van der Waals surface area contributed by atoms with Gasteiger partial charge in [-0.2, -0.15) is 0 Å². The molecule has 0 bridgehead atoms. The molecule has 6 heteroatoms. The van der Waals surface area contributed by atoms with E-state index >= 15 is 0 Å². The van der Waals surface area contributed by atoms with E-state index in [9.17, 15) is 4.79 Å². The second-order valence-electron chi connectivity index (χ2n) is 7.81. The van der Waals surface area contributed by atoms with Crippen LogP contribution in [0.2, 0.25) is 0 Å². The SMILES string of the molecule is CCN1CCN(Cc2ccc(CNC(=O)c3cccn3Cc3cccs3)cc2)CC1. The zero-order valence-electron chi connectivity index (χ0n) is 17.6. The average molecular weight is 423 g/mol. The maximum atomic E-state index is 12.7. The summed E-state index contributed by atoms with van der Waals surface area (Å²) in [7, 11) is 0. The van der Waals surface area contributed by atoms with E-state index in [2.05, 4.69) is 57.8 Å². The van der Waals surface area contributed by atoms with Gasteiger partial charge in [0, 0.05) is 50.3 Å². The molecule has 0 radical (unpaired) electrons. The summed E-state index contributed by atoms with van der Waals surface area (Å²) >= 11 is 1.71. The highest BCUT2D eigenvalue weighted by Crippen LogP contribution is 2.14. The summed E-state index contributed by atoms with van der Waals surface area (Å²) in [6.45, 7) is 10.2. The molecule has 1 amide bonds. The van der Waals surface area contributed by atoms with Crippen LogP contribution in [0.15, 0.2) is 60.1 Å². The summed E-state index contributed by atoms with van der Waals surface area (Å²) in [6, 6.07) is 16.6. The monoisotopic (exact) mass is 422 g/mol. The molecule has 0 saturated carbocycles. The van der Waals surface area contributed by atoms with Crippen LogP contribution in [0.5, 0.6) is 0 Å². The van der Waals surface area contributed by atoms with Crippen molar-refractivity contribution in [3.63, 3.8) is 0 Å². The molecule has 0 aliphatic carbocycles. The molecule has 1 aliphatic heterocycles. The van der Waals surface area contributed by atoms with Crippen LogP contribution in [0.4, 0.5) is 0 Å². The van der Waals surface area contributed by atoms with Crippen LogP contribution >= 0.6 is 11.3 Å². The van der Waals surface area contributed by atoms with Gasteiger partial charge in [-0.05, 0) is 41.3 Å². The highest BCUT2D eigenvalue weighted by atomic mass is 32.1. The predicted molar refractivity (Wildman–Crippen MR) is 123 cm³/mol. The second-order valence-corrected chi connectivity index (χ2v) is 8.84. The molecular formula is C24H30N4OS. The lowest BCUT2D eigenvalue weighted by Crippen LogP contribution is -2.45. The van der Waals surface area contributed by atoms with Crippen LogP contribution < -0.4 is 5.32 Å². The summed E-state index contributed by atoms with van der Waals surface area (Å²) in [6.07, 6.45) is 1.96. The maximum Gasteiger partial charge on any atom is 0.268 e. The van der Waals surface area contributed by atoms with E-state index in [0.717, 1.165) is 51.4 Å². The number of benzene rings is 1. The summed E-state index contributed by atoms with van der Waals surface area (Å²) in [5.41, 5.74) is 3.16. The lowest BCUT2D eigenvalue weighted by Gasteiger charge is -2.34. The molecule has 1 N–H and O–H groups in total. The summed E-state index contributed by atoms with van der Waals surface area (Å²) < 4.78 is 2.00. The molecule has 4 rings (SSSR count). The molecular weight excluding hydrogens is 392 g/mol. The number of carbonyl (C=O) groups is 1. The highest BCUT2D eigenvalue weighted by Gasteiger charge is 2.15. The van der Waals surface area contributed by atoms with E-state index in [-0.39, 0.29) is 5.91 Å². The van der Waals surface area contributed by atoms with E-state index in [1.807, 2.05) is 29.0 Å². The molecule has 5 nitrogen and oxygen atoms in total. The van der Waals surface area contributed by atoms with Crippen LogP contribution in [-0.2, 0) is 19.6 Å². The van der Waals surface area contributed by atoms with E-state index < -0.39 is 0 Å². The third kappa shape index (κ3) is 5.39. The first-order valence-electron chi connectivity index (χ1n) is 10.7. The summed E-state index contributed by atoms with van der Waals surface area (Å²) in [4.78, 5) is 18.9. The standard InChI is InChI=1S/C24H30N4OS/c1-2-26-12-14-27(15-13-26)18-21-9-7-20(8-10-21)17-25-24(29)23-6-3-11-28(23)19-22-5-4-16-30-22/h3-11,16H,2,12-15,17-19H2,1H3,(H,25,29). The first-order chi connectivity index (χ1) is 14.7. The topological polar surface area (TPSA) is 40.5 Å². The normalized spacial score (nSPS) is 15.4. The number of amides is 1. The van der Waals surface area contributed by atoms with Crippen LogP contribution in [-0.4, -0.2) is 53.0 Å². The smallest absolute Gasteiger partial charge is 0.268 e. The number of carbonyl (C=O) groups excluding carboxylic acids is 1. The predicted octanol–water partition coefficient (Wildman–Crippen LogP) is 3.67. The van der Waals surface area contributed by atoms with Crippen molar-refractivity contribution in [2.24, 2.45) is 0 Å². The Labute approximate surface area is 182 Å². The maximum absolute atomic E-state index is 12.7. The molecule has 2 aromatic heterocycles. The van der Waals surface area contributed by atoms with Crippen molar-refractivity contribution in [3.8, 4) is 0 Å². The van der Waals surface area contributed by atoms with Crippen LogP contribution in [0, 0.1) is 0 Å². The Hall–Kier alpha value is -2.41. The molecule has 1 fully saturated rings. The molecule has 3 heterocycles. The number of rotatable bonds is 8. The number of likely N-dealkylation sites (N-methyl/N-ethyl adjacent to an activating group) is 1. The van der Waals surface area contributed by atoms with E-state index in [1.54, 1.807) is 11.3 Å². The van der Waals surface area contributed by atoms with Crippen LogP contribution in [0.25, 0.3) is 0 Å². The van der Waals surface area contributed by atoms with Gasteiger partial charge in [-0.3, -0.25) is 9.69 Å². The van der Waals surface area contributed by atoms with Gasteiger partial charge in [0.1, 0.15) is 5.69 Å². The van der Waals surface area contributed by atoms with Gasteiger partial charge in [-0.15, -0.1) is 11.3 Å². The third-order valence-electron chi connectivity index (χ3n) is 5.76. The minimum absolute atomic E-state index is 0.0329. The second kappa shape index (κ2) is 10.1. The van der Waals surface area contributed by atoms with Crippen LogP contribution in [0.3, 0.4) is 0 Å². The summed E-state index contributed by atoms with van der Waals surface area (Å²) in [5.74, 6) is -0.0329. The van der Waals surface area contributed by atoms with Crippen LogP contribution in [0.1, 0.15) is 33.4 Å². The number of hydrogen-bond donors (Lipinski definition) is 1. The molecule has 3 aromatic rings. The Morgan fingerprint density at radius 3 is 2.37 bits per heavy atom. The number of hydrogen-bond acceptors (Lipinski definition) is 4. The van der Waals surface area contributed by atoms with Crippen molar-refractivity contribution in [1.82, 2.24) is 19.7 Å². The van der Waals surface area contributed by atoms with Crippen molar-refractivity contribution in [2.45, 2.75) is 26.6 Å². The molecule has 1 aromatic carbocycles. The Morgan fingerprint density at radius 1 is 0.933 bits per heavy atom. The molecule has 158 valence electrons. The zero-order chi connectivity index (χ0) is 20.8. The first-order valence-corrected chi connectivity index (χ1v) is 11.6. The van der Waals surface area contributed by atoms with Crippen molar-refractivity contribution >= 4 is 17.2 Å². The quantitative estimate of drug-likeness (QED) is 0.602. The lowest BCUT2D eigenvalue weighted by atomic mass is 10.1. The van der Waals surface area contributed by atoms with Gasteiger partial charge >= 0.3 is 0 Å². The highest BCUT2D eigenvalue weighted by molar-refractivity contribution is 7.09. The van der Waals surface area contributed by atoms with Gasteiger partial charge < -0.3 is 14.8 Å². The van der Waals surface area contributed by atoms with E-state index in [0.29, 0.717) is 12.2 Å². The first kappa shape index (κ1) is 20.8. The van der Waals surface area contributed by atoms with Gasteiger partial charge in [-0.1, -0.05) is 37.3 Å². The van der Waals surface area contributed by atoms with Crippen molar-refractivity contribution < 1.29 is 4.79 Å². The van der Waals surface area contributed by atoms with Crippen molar-refractivity contribution in [3.05, 3.63) is 81.8 Å². The number of piperazine rings is 1. The van der Waals surface area contributed by atoms with E-state index in [1.165, 1.54) is 10.4 Å². The van der Waals surface area contributed by atoms with Gasteiger partial charge in [0.15, 0.2) is 0 Å². The Morgan fingerprint density at radius 2 is 1.67 bits per heavy atom. The van der Waals surface area contributed by atoms with Crippen molar-refractivity contribution in [1.29, 1.82) is 0 Å². The van der Waals surface area contributed by atoms with E-state index in [4.69, 9.17) is 0 Å². The molecule has 1 saturated heterocycles. The van der Waals surface area contributed by atoms with Crippen molar-refractivity contribution in [2.75, 3.05) is 32.7 Å². The lowest BCUT2D eigenvalue weighted by molar-refractivity contribution is 0.0942. The molecule has 1 aliphatic rings. The van der Waals surface area contributed by atoms with Gasteiger partial charge in [0.05, 0.1) is 6.54 Å². The Bertz CT molecular complexity index is 925. The number of aromatic nitrogens is 1. The van der Waals surface area contributed by atoms with Gasteiger partial charge in [0.25, 0.3) is 5.91 Å². The minimum Gasteiger partial charge on any atom is -0.347 e. The Balaban J connectivity index is 1.27. The Kier molecular flexibility index (Phi) is 7.00. The van der Waals surface area contributed by atoms with Gasteiger partial charge in [-0.25, -0.2) is 0 Å². The number of nitrogens with one attached hydrogen (secondary N) is 1. The average Bonchev–Trinajstić information content (AvgIpc) is 3.46. The number of nitrogens with zero attached hydrogens (tertiary/aromatic N) is 3. The number of thiophene rings is 1. The zero-order valence-corrected chi connectivity index (χ0v) is 18.4. The fourth-order valence-corrected chi connectivity index (χ4v) is 4.59. The third-order valence-corrected chi connectivity index (χ3v) is 6.62. The van der Waals surface area contributed by atoms with Gasteiger partial charge in [0.2, 0.25) is 0 Å². The fraction of sp³-hybridized carbons (Fsp3) is 0.375. The largest absolute Gasteiger partial charge is 0.347 e. The molecule has 0 spiro atoms. The minimum atomic E-state index is -0.0329. The molecule has 30 heavy (non-hydrogen) atoms. The molecule has 0 unspecified atom stereocenters. The molecule has 0 atom stereocenters.